The predicted molar refractivity (Wildman–Crippen MR) is 137 cm³/mol. The van der Waals surface area contributed by atoms with Gasteiger partial charge in [-0.05, 0) is 30.5 Å². The summed E-state index contributed by atoms with van der Waals surface area (Å²) < 4.78 is 2.03. The number of benzene rings is 1. The van der Waals surface area contributed by atoms with Crippen molar-refractivity contribution < 1.29 is 29.4 Å². The molecule has 2 amide bonds. The van der Waals surface area contributed by atoms with Gasteiger partial charge >= 0.3 is 0 Å². The average molecular weight is 512 g/mol. The summed E-state index contributed by atoms with van der Waals surface area (Å²) in [5.41, 5.74) is 13.9. The molecule has 1 aliphatic heterocycles. The fraction of sp³-hybridized carbons (Fsp3) is 0.346. The molecule has 3 heterocycles. The zero-order valence-corrected chi connectivity index (χ0v) is 20.9. The summed E-state index contributed by atoms with van der Waals surface area (Å²) >= 11 is 0. The molecule has 4 rings (SSSR count). The average Bonchev–Trinajstić information content (AvgIpc) is 3.28. The second kappa shape index (κ2) is 13.2. The molecule has 1 aromatic carbocycles. The summed E-state index contributed by atoms with van der Waals surface area (Å²) in [7, 11) is 0. The van der Waals surface area contributed by atoms with Crippen molar-refractivity contribution in [2.75, 3.05) is 13.1 Å². The highest BCUT2D eigenvalue weighted by molar-refractivity contribution is 5.87. The molecule has 0 unspecified atom stereocenters. The van der Waals surface area contributed by atoms with Crippen LogP contribution in [-0.4, -0.2) is 67.4 Å². The van der Waals surface area contributed by atoms with Crippen LogP contribution in [-0.2, 0) is 24.6 Å². The van der Waals surface area contributed by atoms with Gasteiger partial charge in [0.25, 0.3) is 11.9 Å². The van der Waals surface area contributed by atoms with Crippen molar-refractivity contribution in [2.45, 2.75) is 44.6 Å². The number of pyridine rings is 1. The topological polar surface area (TPSA) is 181 Å². The van der Waals surface area contributed by atoms with Crippen LogP contribution < -0.4 is 11.5 Å². The molecule has 2 aromatic heterocycles. The van der Waals surface area contributed by atoms with E-state index in [0.717, 1.165) is 38.0 Å². The number of nitrogens with zero attached hydrogens (tertiary/aromatic N) is 3. The summed E-state index contributed by atoms with van der Waals surface area (Å²) in [6.45, 7) is 3.27. The Morgan fingerprint density at radius 3 is 2.03 bits per heavy atom. The number of primary amides is 1. The maximum Gasteiger partial charge on any atom is 0.300 e. The van der Waals surface area contributed by atoms with Gasteiger partial charge in [-0.15, -0.1) is 0 Å². The van der Waals surface area contributed by atoms with Crippen LogP contribution in [0.1, 0.15) is 44.4 Å². The number of imidazole rings is 1. The first-order valence-corrected chi connectivity index (χ1v) is 11.7. The molecule has 11 nitrogen and oxygen atoms in total. The fourth-order valence-corrected chi connectivity index (χ4v) is 4.26. The lowest BCUT2D eigenvalue weighted by Crippen LogP contribution is -2.51. The van der Waals surface area contributed by atoms with E-state index in [2.05, 4.69) is 18.3 Å². The number of carbonyl (C=O) groups excluding carboxylic acids is 2. The molecule has 1 fully saturated rings. The van der Waals surface area contributed by atoms with E-state index < -0.39 is 23.9 Å². The summed E-state index contributed by atoms with van der Waals surface area (Å²) in [5, 5.41) is 14.8. The molecule has 11 heteroatoms. The Morgan fingerprint density at radius 1 is 0.973 bits per heavy atom. The monoisotopic (exact) mass is 511 g/mol. The fourth-order valence-electron chi connectivity index (χ4n) is 4.26. The van der Waals surface area contributed by atoms with Crippen molar-refractivity contribution >= 4 is 29.4 Å². The van der Waals surface area contributed by atoms with Crippen LogP contribution in [0.4, 0.5) is 0 Å². The minimum Gasteiger partial charge on any atom is -0.481 e. The largest absolute Gasteiger partial charge is 0.481 e. The number of aromatic nitrogens is 2. The number of aliphatic carboxylic acids is 2. The van der Waals surface area contributed by atoms with Crippen molar-refractivity contribution in [1.82, 2.24) is 14.3 Å². The number of carboxylic acid groups (broad SMARTS) is 2. The highest BCUT2D eigenvalue weighted by atomic mass is 16.4. The van der Waals surface area contributed by atoms with Gasteiger partial charge in [-0.3, -0.25) is 19.2 Å². The summed E-state index contributed by atoms with van der Waals surface area (Å²) in [6, 6.07) is 15.4. The van der Waals surface area contributed by atoms with E-state index in [9.17, 15) is 9.59 Å². The van der Waals surface area contributed by atoms with Crippen LogP contribution in [0.5, 0.6) is 0 Å². The van der Waals surface area contributed by atoms with E-state index in [4.69, 9.17) is 36.3 Å². The van der Waals surface area contributed by atoms with Crippen molar-refractivity contribution in [3.8, 4) is 0 Å². The van der Waals surface area contributed by atoms with E-state index in [1.807, 2.05) is 47.0 Å². The maximum absolute atomic E-state index is 12.6. The summed E-state index contributed by atoms with van der Waals surface area (Å²) in [5.74, 6) is -2.45. The van der Waals surface area contributed by atoms with Crippen LogP contribution >= 0.6 is 0 Å². The standard InChI is InChI=1S/C22H25N5O2.2C2H4O2/c23-17(14-19(24)28)21(29)26-12-9-22(10-13-26,16-6-2-1-3-7-16)18-15-27-11-5-4-8-20(27)25-18;2*1-2(3)4/h1-8,11,15,17H,9-10,12-14,23H2,(H2,24,28);2*1H3,(H,3,4)/t17-;;/m0../s1. The number of hydrogen-bond acceptors (Lipinski definition) is 6. The van der Waals surface area contributed by atoms with Crippen molar-refractivity contribution in [3.63, 3.8) is 0 Å². The van der Waals surface area contributed by atoms with E-state index in [0.29, 0.717) is 13.1 Å². The van der Waals surface area contributed by atoms with Gasteiger partial charge in [-0.25, -0.2) is 4.98 Å². The first kappa shape index (κ1) is 29.0. The van der Waals surface area contributed by atoms with E-state index >= 15 is 0 Å². The SMILES string of the molecule is CC(=O)O.CC(=O)O.NC(=O)C[C@H](N)C(=O)N1CCC(c2ccccc2)(c2cn3ccccc3n2)CC1. The predicted octanol–water partition coefficient (Wildman–Crippen LogP) is 1.63. The van der Waals surface area contributed by atoms with Gasteiger partial charge in [0.05, 0.1) is 18.2 Å². The number of rotatable bonds is 5. The van der Waals surface area contributed by atoms with Crippen molar-refractivity contribution in [2.24, 2.45) is 11.5 Å². The molecule has 0 aliphatic carbocycles. The molecule has 0 bridgehead atoms. The summed E-state index contributed by atoms with van der Waals surface area (Å²) in [4.78, 5) is 48.4. The first-order valence-electron chi connectivity index (χ1n) is 11.7. The molecule has 3 aromatic rings. The van der Waals surface area contributed by atoms with Gasteiger partial charge in [0.2, 0.25) is 11.8 Å². The van der Waals surface area contributed by atoms with Crippen molar-refractivity contribution in [1.29, 1.82) is 0 Å². The second-order valence-corrected chi connectivity index (χ2v) is 8.68. The quantitative estimate of drug-likeness (QED) is 0.398. The van der Waals surface area contributed by atoms with Crippen LogP contribution in [0, 0.1) is 0 Å². The summed E-state index contributed by atoms with van der Waals surface area (Å²) in [6.07, 6.45) is 5.40. The maximum atomic E-state index is 12.6. The third-order valence-corrected chi connectivity index (χ3v) is 5.85. The van der Waals surface area contributed by atoms with E-state index in [1.165, 1.54) is 5.56 Å². The third kappa shape index (κ3) is 8.14. The van der Waals surface area contributed by atoms with Gasteiger partial charge in [-0.2, -0.15) is 0 Å². The molecule has 6 N–H and O–H groups in total. The van der Waals surface area contributed by atoms with Crippen LogP contribution in [0.3, 0.4) is 0 Å². The molecule has 37 heavy (non-hydrogen) atoms. The Morgan fingerprint density at radius 2 is 1.51 bits per heavy atom. The second-order valence-electron chi connectivity index (χ2n) is 8.68. The smallest absolute Gasteiger partial charge is 0.300 e. The number of nitrogens with two attached hydrogens (primary N) is 2. The minimum atomic E-state index is -0.882. The number of fused-ring (bicyclic) bond motifs is 1. The highest BCUT2D eigenvalue weighted by Crippen LogP contribution is 2.41. The molecule has 1 saturated heterocycles. The zero-order chi connectivity index (χ0) is 27.6. The molecule has 198 valence electrons. The Hall–Kier alpha value is -4.25. The van der Waals surface area contributed by atoms with Gasteiger partial charge in [0, 0.05) is 44.7 Å². The molecule has 0 radical (unpaired) electrons. The van der Waals surface area contributed by atoms with E-state index in [-0.39, 0.29) is 17.7 Å². The number of amides is 2. The molecular weight excluding hydrogens is 478 g/mol. The van der Waals surface area contributed by atoms with Crippen LogP contribution in [0.15, 0.2) is 60.9 Å². The van der Waals surface area contributed by atoms with E-state index in [1.54, 1.807) is 4.90 Å². The lowest BCUT2D eigenvalue weighted by atomic mass is 9.70. The van der Waals surface area contributed by atoms with Gasteiger partial charge < -0.3 is 31.0 Å². The molecule has 0 saturated carbocycles. The van der Waals surface area contributed by atoms with Gasteiger partial charge in [0.1, 0.15) is 5.65 Å². The first-order chi connectivity index (χ1) is 17.5. The Labute approximate surface area is 214 Å². The normalized spacial score (nSPS) is 14.8. The molecule has 1 atom stereocenters. The van der Waals surface area contributed by atoms with Gasteiger partial charge in [-0.1, -0.05) is 36.4 Å². The lowest BCUT2D eigenvalue weighted by molar-refractivity contribution is -0.136. The Bertz CT molecular complexity index is 1170. The number of carbonyl (C=O) groups is 4. The number of piperidine rings is 1. The minimum absolute atomic E-state index is 0.133. The molecule has 1 aliphatic rings. The highest BCUT2D eigenvalue weighted by Gasteiger charge is 2.41. The number of carboxylic acids is 2. The van der Waals surface area contributed by atoms with Crippen LogP contribution in [0.2, 0.25) is 0 Å². The Kier molecular flexibility index (Phi) is 10.3. The molecule has 0 spiro atoms. The van der Waals surface area contributed by atoms with Gasteiger partial charge in [0.15, 0.2) is 0 Å². The zero-order valence-electron chi connectivity index (χ0n) is 20.9. The Balaban J connectivity index is 0.000000530. The number of likely N-dealkylation sites (tertiary alicyclic amines) is 1. The van der Waals surface area contributed by atoms with Crippen molar-refractivity contribution in [3.05, 3.63) is 72.2 Å². The van der Waals surface area contributed by atoms with Crippen LogP contribution in [0.25, 0.3) is 5.65 Å². The number of hydrogen-bond donors (Lipinski definition) is 4. The molecular formula is C26H33N5O6. The lowest BCUT2D eigenvalue weighted by Gasteiger charge is -2.42. The third-order valence-electron chi connectivity index (χ3n) is 5.85.